The molecular weight excluding hydrogens is 261 g/mol. The maximum atomic E-state index is 3.13. The number of hydrogen-bond acceptors (Lipinski definition) is 1. The Balaban J connectivity index is 2.24. The van der Waals surface area contributed by atoms with Crippen LogP contribution in [0.15, 0.2) is 60.7 Å². The number of hydrogen-bond donors (Lipinski definition) is 0. The minimum atomic E-state index is 1.13. The molecule has 2 aromatic rings. The Kier molecular flexibility index (Phi) is 3.55. The first-order valence-electron chi connectivity index (χ1n) is 5.17. The van der Waals surface area contributed by atoms with Gasteiger partial charge in [0.15, 0.2) is 0 Å². The SMILES string of the molecule is CN(C(=[Se])c1ccccc1)c1ccccc1. The Labute approximate surface area is 104 Å². The van der Waals surface area contributed by atoms with E-state index in [1.807, 2.05) is 36.4 Å². The van der Waals surface area contributed by atoms with Gasteiger partial charge >= 0.3 is 104 Å². The van der Waals surface area contributed by atoms with Crippen LogP contribution in [0.4, 0.5) is 5.69 Å². The van der Waals surface area contributed by atoms with E-state index in [2.05, 4.69) is 51.8 Å². The first-order chi connectivity index (χ1) is 7.79. The monoisotopic (exact) mass is 275 g/mol. The van der Waals surface area contributed by atoms with Gasteiger partial charge in [-0.15, -0.1) is 0 Å². The van der Waals surface area contributed by atoms with Crippen LogP contribution in [-0.4, -0.2) is 27.2 Å². The van der Waals surface area contributed by atoms with Gasteiger partial charge in [0.1, 0.15) is 0 Å². The number of para-hydroxylation sites is 1. The fourth-order valence-corrected chi connectivity index (χ4v) is 2.05. The zero-order valence-corrected chi connectivity index (χ0v) is 10.8. The second kappa shape index (κ2) is 5.11. The summed E-state index contributed by atoms with van der Waals surface area (Å²) in [6.07, 6.45) is 0. The van der Waals surface area contributed by atoms with Gasteiger partial charge in [-0.3, -0.25) is 0 Å². The Morgan fingerprint density at radius 1 is 0.875 bits per heavy atom. The molecule has 0 amide bonds. The molecule has 0 atom stereocenters. The second-order valence-corrected chi connectivity index (χ2v) is 4.38. The van der Waals surface area contributed by atoms with Crippen LogP contribution < -0.4 is 4.90 Å². The van der Waals surface area contributed by atoms with Crippen molar-refractivity contribution < 1.29 is 0 Å². The van der Waals surface area contributed by atoms with E-state index in [-0.39, 0.29) is 0 Å². The van der Waals surface area contributed by atoms with Gasteiger partial charge in [0.05, 0.1) is 0 Å². The topological polar surface area (TPSA) is 3.24 Å². The van der Waals surface area contributed by atoms with Crippen LogP contribution in [0.5, 0.6) is 0 Å². The van der Waals surface area contributed by atoms with Crippen molar-refractivity contribution >= 4 is 25.8 Å². The van der Waals surface area contributed by atoms with Crippen LogP contribution in [0.25, 0.3) is 0 Å². The minimum absolute atomic E-state index is 1.13. The van der Waals surface area contributed by atoms with E-state index in [4.69, 9.17) is 0 Å². The summed E-state index contributed by atoms with van der Waals surface area (Å²) in [5, 5.41) is 0. The van der Waals surface area contributed by atoms with Gasteiger partial charge in [-0.25, -0.2) is 0 Å². The maximum absolute atomic E-state index is 3.13. The average molecular weight is 274 g/mol. The van der Waals surface area contributed by atoms with Crippen molar-refractivity contribution in [3.63, 3.8) is 0 Å². The fraction of sp³-hybridized carbons (Fsp3) is 0.0714. The summed E-state index contributed by atoms with van der Waals surface area (Å²) < 4.78 is 1.13. The van der Waals surface area contributed by atoms with Crippen molar-refractivity contribution in [3.8, 4) is 0 Å². The van der Waals surface area contributed by atoms with Crippen LogP contribution >= 0.6 is 0 Å². The second-order valence-electron chi connectivity index (χ2n) is 3.57. The number of nitrogens with zero attached hydrogens (tertiary/aromatic N) is 1. The Morgan fingerprint density at radius 2 is 1.38 bits per heavy atom. The van der Waals surface area contributed by atoms with Crippen LogP contribution in [-0.2, 0) is 0 Å². The molecule has 80 valence electrons. The Morgan fingerprint density at radius 3 is 1.94 bits per heavy atom. The molecule has 16 heavy (non-hydrogen) atoms. The fourth-order valence-electron chi connectivity index (χ4n) is 1.54. The first kappa shape index (κ1) is 11.1. The van der Waals surface area contributed by atoms with E-state index in [1.165, 1.54) is 11.3 Å². The Hall–Kier alpha value is -1.37. The number of benzene rings is 2. The summed E-state index contributed by atoms with van der Waals surface area (Å²) in [6.45, 7) is 0. The van der Waals surface area contributed by atoms with Crippen molar-refractivity contribution in [1.29, 1.82) is 0 Å². The molecule has 0 heterocycles. The molecule has 0 bridgehead atoms. The number of anilines is 1. The van der Waals surface area contributed by atoms with Crippen molar-refractivity contribution in [2.45, 2.75) is 0 Å². The predicted octanol–water partition coefficient (Wildman–Crippen LogP) is 2.47. The first-order valence-corrected chi connectivity index (χ1v) is 6.03. The zero-order chi connectivity index (χ0) is 11.4. The molecule has 2 rings (SSSR count). The van der Waals surface area contributed by atoms with E-state index < -0.39 is 0 Å². The standard InChI is InChI=1S/C14H13NSe/c1-15(13-10-6-3-7-11-13)14(16)12-8-4-2-5-9-12/h2-11H,1H3. The molecule has 1 nitrogen and oxygen atoms in total. The third-order valence-electron chi connectivity index (χ3n) is 2.47. The molecule has 0 aliphatic carbocycles. The summed E-state index contributed by atoms with van der Waals surface area (Å²) in [6, 6.07) is 20.6. The molecule has 2 heteroatoms. The van der Waals surface area contributed by atoms with Gasteiger partial charge in [0.25, 0.3) is 0 Å². The predicted molar refractivity (Wildman–Crippen MR) is 71.2 cm³/mol. The van der Waals surface area contributed by atoms with E-state index in [1.54, 1.807) is 0 Å². The molecular formula is C14H13NSe. The van der Waals surface area contributed by atoms with Crippen molar-refractivity contribution in [2.24, 2.45) is 0 Å². The quantitative estimate of drug-likeness (QED) is 0.777. The van der Waals surface area contributed by atoms with Gasteiger partial charge in [0, 0.05) is 0 Å². The molecule has 0 aromatic heterocycles. The molecule has 0 radical (unpaired) electrons. The van der Waals surface area contributed by atoms with E-state index in [0.717, 1.165) is 4.54 Å². The van der Waals surface area contributed by atoms with Crippen LogP contribution in [0, 0.1) is 0 Å². The molecule has 0 N–H and O–H groups in total. The van der Waals surface area contributed by atoms with E-state index in [0.29, 0.717) is 0 Å². The van der Waals surface area contributed by atoms with Crippen molar-refractivity contribution in [3.05, 3.63) is 66.2 Å². The Bertz CT molecular complexity index is 465. The van der Waals surface area contributed by atoms with Gasteiger partial charge < -0.3 is 0 Å². The molecule has 0 aliphatic heterocycles. The summed E-state index contributed by atoms with van der Waals surface area (Å²) >= 11 is 3.13. The van der Waals surface area contributed by atoms with E-state index >= 15 is 0 Å². The molecule has 0 saturated carbocycles. The number of rotatable bonds is 3. The summed E-state index contributed by atoms with van der Waals surface area (Å²) in [4.78, 5) is 2.15. The van der Waals surface area contributed by atoms with Crippen molar-refractivity contribution in [1.82, 2.24) is 0 Å². The van der Waals surface area contributed by atoms with Crippen molar-refractivity contribution in [2.75, 3.05) is 11.9 Å². The van der Waals surface area contributed by atoms with Gasteiger partial charge in [-0.2, -0.15) is 0 Å². The molecule has 0 saturated heterocycles. The van der Waals surface area contributed by atoms with Crippen LogP contribution in [0.1, 0.15) is 5.56 Å². The van der Waals surface area contributed by atoms with Gasteiger partial charge in [0.2, 0.25) is 0 Å². The van der Waals surface area contributed by atoms with Crippen LogP contribution in [0.3, 0.4) is 0 Å². The van der Waals surface area contributed by atoms with Gasteiger partial charge in [-0.1, -0.05) is 0 Å². The average Bonchev–Trinajstić information content (AvgIpc) is 2.39. The zero-order valence-electron chi connectivity index (χ0n) is 9.13. The molecule has 0 spiro atoms. The molecule has 2 aromatic carbocycles. The third-order valence-corrected chi connectivity index (χ3v) is 3.54. The van der Waals surface area contributed by atoms with Gasteiger partial charge in [-0.05, 0) is 0 Å². The summed E-state index contributed by atoms with van der Waals surface area (Å²) in [5.41, 5.74) is 2.38. The van der Waals surface area contributed by atoms with E-state index in [9.17, 15) is 0 Å². The molecule has 0 aliphatic rings. The molecule has 0 fully saturated rings. The summed E-state index contributed by atoms with van der Waals surface area (Å²) in [5.74, 6) is 0. The third kappa shape index (κ3) is 2.41. The normalized spacial score (nSPS) is 9.81. The summed E-state index contributed by atoms with van der Waals surface area (Å²) in [7, 11) is 2.06. The molecule has 0 unspecified atom stereocenters. The van der Waals surface area contributed by atoms with Crippen LogP contribution in [0.2, 0.25) is 0 Å².